The van der Waals surface area contributed by atoms with Crippen LogP contribution in [-0.4, -0.2) is 55.4 Å². The molecule has 0 aromatic rings. The minimum Gasteiger partial charge on any atom is -0.437 e. The summed E-state index contributed by atoms with van der Waals surface area (Å²) in [5.74, 6) is 0. The molecule has 0 aliphatic heterocycles. The van der Waals surface area contributed by atoms with E-state index in [1.54, 1.807) is 0 Å². The molecule has 3 nitrogen and oxygen atoms in total. The van der Waals surface area contributed by atoms with E-state index in [1.165, 1.54) is 37.9 Å². The highest BCUT2D eigenvalue weighted by atomic mass is 28.5. The molecule has 0 heterocycles. The average Bonchev–Trinajstić information content (AvgIpc) is 2.41. The lowest BCUT2D eigenvalue weighted by molar-refractivity contribution is -0.949. The van der Waals surface area contributed by atoms with Crippen LogP contribution in [0.4, 0.5) is 0 Å². The van der Waals surface area contributed by atoms with Crippen LogP contribution in [0.15, 0.2) is 0 Å². The summed E-state index contributed by atoms with van der Waals surface area (Å²) >= 11 is 0. The first-order valence-electron chi connectivity index (χ1n) is 10.8. The molecule has 0 unspecified atom stereocenters. The van der Waals surface area contributed by atoms with Crippen LogP contribution >= 0.6 is 0 Å². The number of unbranched alkanes of at least 4 members (excludes halogenated alkanes) is 1. The minimum absolute atomic E-state index is 0.667. The Morgan fingerprint density at radius 1 is 0.731 bits per heavy atom. The highest BCUT2D eigenvalue weighted by molar-refractivity contribution is 6.87. The fourth-order valence-corrected chi connectivity index (χ4v) is 18.2. The molecule has 0 N–H and O–H groups in total. The molecule has 0 radical (unpaired) electrons. The first kappa shape index (κ1) is 26.5. The van der Waals surface area contributed by atoms with Crippen molar-refractivity contribution in [3.63, 3.8) is 0 Å². The van der Waals surface area contributed by atoms with E-state index in [2.05, 4.69) is 80.9 Å². The van der Waals surface area contributed by atoms with Crippen molar-refractivity contribution in [2.45, 2.75) is 117 Å². The summed E-state index contributed by atoms with van der Waals surface area (Å²) in [6.45, 7) is 27.0. The summed E-state index contributed by atoms with van der Waals surface area (Å²) in [4.78, 5) is 0. The van der Waals surface area contributed by atoms with Crippen molar-refractivity contribution in [2.75, 3.05) is 13.6 Å². The molecule has 0 aromatic heterocycles. The monoisotopic (exact) mass is 420 g/mol. The standard InChI is InChI=1S/C20H50NO2Si3/c1-13-14-17-24(7,8)22-26(11,12)23-25(9,10)18-15-16-21(6,19(2)3)20(4)5/h19-20H,13-18H2,1-12H3/q+1. The average molecular weight is 421 g/mol. The van der Waals surface area contributed by atoms with Crippen molar-refractivity contribution in [1.82, 2.24) is 0 Å². The molecule has 6 heteroatoms. The molecule has 0 atom stereocenters. The first-order chi connectivity index (χ1) is 11.6. The second kappa shape index (κ2) is 10.3. The van der Waals surface area contributed by atoms with Crippen molar-refractivity contribution in [3.05, 3.63) is 0 Å². The van der Waals surface area contributed by atoms with Crippen molar-refractivity contribution in [2.24, 2.45) is 0 Å². The Labute approximate surface area is 169 Å². The van der Waals surface area contributed by atoms with Gasteiger partial charge < -0.3 is 12.7 Å². The maximum Gasteiger partial charge on any atom is 0.311 e. The van der Waals surface area contributed by atoms with Crippen LogP contribution in [0.5, 0.6) is 0 Å². The van der Waals surface area contributed by atoms with Crippen LogP contribution in [0.3, 0.4) is 0 Å². The Hall–Kier alpha value is 0.531. The molecular formula is C20H50NO2Si3+. The van der Waals surface area contributed by atoms with E-state index >= 15 is 0 Å². The smallest absolute Gasteiger partial charge is 0.311 e. The van der Waals surface area contributed by atoms with Crippen LogP contribution < -0.4 is 0 Å². The summed E-state index contributed by atoms with van der Waals surface area (Å²) in [7, 11) is -2.92. The lowest BCUT2D eigenvalue weighted by Crippen LogP contribution is -2.55. The molecule has 0 aromatic carbocycles. The molecule has 158 valence electrons. The fraction of sp³-hybridized carbons (Fsp3) is 1.00. The molecule has 0 amide bonds. The van der Waals surface area contributed by atoms with E-state index in [0.29, 0.717) is 12.1 Å². The van der Waals surface area contributed by atoms with Crippen LogP contribution in [0, 0.1) is 0 Å². The lowest BCUT2D eigenvalue weighted by Gasteiger charge is -2.43. The Kier molecular flexibility index (Phi) is 10.6. The highest BCUT2D eigenvalue weighted by Crippen LogP contribution is 2.27. The third-order valence-electron chi connectivity index (χ3n) is 5.95. The summed E-state index contributed by atoms with van der Waals surface area (Å²) in [5, 5.41) is 0. The zero-order valence-electron chi connectivity index (χ0n) is 20.2. The van der Waals surface area contributed by atoms with E-state index in [4.69, 9.17) is 8.23 Å². The molecule has 0 fully saturated rings. The minimum atomic E-state index is -2.05. The summed E-state index contributed by atoms with van der Waals surface area (Å²) in [5.41, 5.74) is 0. The first-order valence-corrected chi connectivity index (χ1v) is 19.9. The van der Waals surface area contributed by atoms with Gasteiger partial charge in [0.1, 0.15) is 0 Å². The van der Waals surface area contributed by atoms with Gasteiger partial charge in [-0.1, -0.05) is 19.8 Å². The van der Waals surface area contributed by atoms with Gasteiger partial charge in [-0.3, -0.25) is 0 Å². The van der Waals surface area contributed by atoms with Crippen LogP contribution in [0.1, 0.15) is 53.9 Å². The van der Waals surface area contributed by atoms with Gasteiger partial charge in [-0.2, -0.15) is 0 Å². The number of hydrogen-bond donors (Lipinski definition) is 0. The van der Waals surface area contributed by atoms with Crippen LogP contribution in [0.2, 0.25) is 51.4 Å². The Bertz CT molecular complexity index is 402. The summed E-state index contributed by atoms with van der Waals surface area (Å²) < 4.78 is 14.6. The van der Waals surface area contributed by atoms with Crippen molar-refractivity contribution in [3.8, 4) is 0 Å². The highest BCUT2D eigenvalue weighted by Gasteiger charge is 2.39. The Morgan fingerprint density at radius 3 is 1.46 bits per heavy atom. The maximum absolute atomic E-state index is 6.76. The van der Waals surface area contributed by atoms with Gasteiger partial charge in [0.25, 0.3) is 0 Å². The lowest BCUT2D eigenvalue weighted by atomic mass is 10.1. The maximum atomic E-state index is 6.76. The topological polar surface area (TPSA) is 18.5 Å². The molecule has 0 saturated carbocycles. The Morgan fingerprint density at radius 2 is 1.12 bits per heavy atom. The molecular weight excluding hydrogens is 370 g/mol. The summed E-state index contributed by atoms with van der Waals surface area (Å²) in [6.07, 6.45) is 3.80. The third kappa shape index (κ3) is 9.64. The molecule has 0 saturated heterocycles. The zero-order chi connectivity index (χ0) is 20.8. The van der Waals surface area contributed by atoms with Crippen LogP contribution in [-0.2, 0) is 8.23 Å². The van der Waals surface area contributed by atoms with E-state index < -0.39 is 25.2 Å². The third-order valence-corrected chi connectivity index (χ3v) is 17.4. The van der Waals surface area contributed by atoms with Gasteiger partial charge in [-0.25, -0.2) is 0 Å². The normalized spacial score (nSPS) is 14.5. The van der Waals surface area contributed by atoms with Gasteiger partial charge in [0.2, 0.25) is 0 Å². The molecule has 0 aliphatic rings. The van der Waals surface area contributed by atoms with Gasteiger partial charge in [0, 0.05) is 0 Å². The van der Waals surface area contributed by atoms with Crippen molar-refractivity contribution in [1.29, 1.82) is 0 Å². The van der Waals surface area contributed by atoms with Gasteiger partial charge in [0.05, 0.1) is 25.7 Å². The van der Waals surface area contributed by atoms with Crippen LogP contribution in [0.25, 0.3) is 0 Å². The zero-order valence-corrected chi connectivity index (χ0v) is 23.2. The van der Waals surface area contributed by atoms with Crippen molar-refractivity contribution < 1.29 is 12.7 Å². The number of hydrogen-bond acceptors (Lipinski definition) is 2. The largest absolute Gasteiger partial charge is 0.437 e. The second-order valence-corrected chi connectivity index (χ2v) is 23.1. The van der Waals surface area contributed by atoms with E-state index in [1.807, 2.05) is 0 Å². The molecule has 0 rings (SSSR count). The SMILES string of the molecule is CCCC[Si](C)(C)O[Si](C)(C)O[Si](C)(C)CCC[N+](C)(C(C)C)C(C)C. The molecule has 0 bridgehead atoms. The number of rotatable bonds is 13. The van der Waals surface area contributed by atoms with Gasteiger partial charge in [0.15, 0.2) is 16.6 Å². The predicted molar refractivity (Wildman–Crippen MR) is 125 cm³/mol. The molecule has 0 spiro atoms. The quantitative estimate of drug-likeness (QED) is 0.247. The van der Waals surface area contributed by atoms with Gasteiger partial charge >= 0.3 is 8.56 Å². The molecule has 26 heavy (non-hydrogen) atoms. The van der Waals surface area contributed by atoms with E-state index in [9.17, 15) is 0 Å². The van der Waals surface area contributed by atoms with Gasteiger partial charge in [-0.05, 0) is 85.5 Å². The van der Waals surface area contributed by atoms with E-state index in [-0.39, 0.29) is 0 Å². The predicted octanol–water partition coefficient (Wildman–Crippen LogP) is 6.59. The number of nitrogens with zero attached hydrogens (tertiary/aromatic N) is 1. The second-order valence-electron chi connectivity index (χ2n) is 10.6. The van der Waals surface area contributed by atoms with Gasteiger partial charge in [-0.15, -0.1) is 0 Å². The van der Waals surface area contributed by atoms with E-state index in [0.717, 1.165) is 4.48 Å². The number of quaternary nitrogens is 1. The summed E-state index contributed by atoms with van der Waals surface area (Å²) in [6, 6.07) is 3.82. The molecule has 0 aliphatic carbocycles. The fourth-order valence-electron chi connectivity index (χ4n) is 4.01. The Balaban J connectivity index is 4.72. The van der Waals surface area contributed by atoms with Crippen molar-refractivity contribution >= 4 is 25.2 Å².